The summed E-state index contributed by atoms with van der Waals surface area (Å²) in [5.41, 5.74) is 3.44. The molecule has 0 unspecified atom stereocenters. The smallest absolute Gasteiger partial charge is 0.243 e. The van der Waals surface area contributed by atoms with Gasteiger partial charge in [0, 0.05) is 29.7 Å². The zero-order chi connectivity index (χ0) is 22.1. The molecule has 0 aromatic heterocycles. The lowest BCUT2D eigenvalue weighted by atomic mass is 10.1. The van der Waals surface area contributed by atoms with E-state index >= 15 is 0 Å². The van der Waals surface area contributed by atoms with Gasteiger partial charge >= 0.3 is 0 Å². The van der Waals surface area contributed by atoms with Crippen molar-refractivity contribution in [1.29, 1.82) is 0 Å². The monoisotopic (exact) mass is 426 g/mol. The number of rotatable bonds is 10. The first-order valence-corrected chi connectivity index (χ1v) is 11.6. The molecule has 2 rings (SSSR count). The fraction of sp³-hybridized carbons (Fsp3) is 0.440. The SMILES string of the molecule is CC[C@@H](C(=O)NC(C)C)N(Cc1ccc(C)cc1)C(=O)CCSc1ccc(C)cc1. The molecule has 1 atom stereocenters. The van der Waals surface area contributed by atoms with Gasteiger partial charge < -0.3 is 10.2 Å². The highest BCUT2D eigenvalue weighted by atomic mass is 32.2. The van der Waals surface area contributed by atoms with E-state index in [0.29, 0.717) is 25.1 Å². The zero-order valence-electron chi connectivity index (χ0n) is 18.8. The van der Waals surface area contributed by atoms with E-state index in [9.17, 15) is 9.59 Å². The maximum Gasteiger partial charge on any atom is 0.243 e. The molecule has 1 N–H and O–H groups in total. The van der Waals surface area contributed by atoms with Gasteiger partial charge in [0.2, 0.25) is 11.8 Å². The fourth-order valence-corrected chi connectivity index (χ4v) is 4.07. The molecule has 4 nitrogen and oxygen atoms in total. The van der Waals surface area contributed by atoms with Crippen LogP contribution >= 0.6 is 11.8 Å². The average molecular weight is 427 g/mol. The molecule has 0 saturated carbocycles. The Morgan fingerprint density at radius 3 is 2.07 bits per heavy atom. The molecule has 0 heterocycles. The summed E-state index contributed by atoms with van der Waals surface area (Å²) < 4.78 is 0. The van der Waals surface area contributed by atoms with E-state index in [0.717, 1.165) is 10.5 Å². The third kappa shape index (κ3) is 7.52. The minimum Gasteiger partial charge on any atom is -0.352 e. The van der Waals surface area contributed by atoms with Crippen molar-refractivity contribution in [3.8, 4) is 0 Å². The van der Waals surface area contributed by atoms with Crippen molar-refractivity contribution >= 4 is 23.6 Å². The van der Waals surface area contributed by atoms with Crippen LogP contribution in [-0.2, 0) is 16.1 Å². The Morgan fingerprint density at radius 1 is 0.967 bits per heavy atom. The van der Waals surface area contributed by atoms with Crippen molar-refractivity contribution < 1.29 is 9.59 Å². The second kappa shape index (κ2) is 11.8. The summed E-state index contributed by atoms with van der Waals surface area (Å²) in [6, 6.07) is 16.0. The van der Waals surface area contributed by atoms with Crippen LogP contribution in [-0.4, -0.2) is 34.6 Å². The van der Waals surface area contributed by atoms with E-state index in [1.807, 2.05) is 52.0 Å². The van der Waals surface area contributed by atoms with E-state index in [1.54, 1.807) is 16.7 Å². The van der Waals surface area contributed by atoms with Gasteiger partial charge in [-0.2, -0.15) is 0 Å². The summed E-state index contributed by atoms with van der Waals surface area (Å²) in [6.45, 7) is 10.4. The van der Waals surface area contributed by atoms with Gasteiger partial charge in [-0.05, 0) is 51.8 Å². The van der Waals surface area contributed by atoms with E-state index in [2.05, 4.69) is 36.5 Å². The van der Waals surface area contributed by atoms with Crippen LogP contribution in [0.3, 0.4) is 0 Å². The Bertz CT molecular complexity index is 816. The number of carbonyl (C=O) groups is 2. The first-order valence-electron chi connectivity index (χ1n) is 10.6. The normalized spacial score (nSPS) is 11.9. The van der Waals surface area contributed by atoms with Crippen LogP contribution in [0.5, 0.6) is 0 Å². The standard InChI is InChI=1S/C25H34N2O2S/c1-6-23(25(29)26-18(2)3)27(17-21-11-7-19(4)8-12-21)24(28)15-16-30-22-13-9-20(5)10-14-22/h7-14,18,23H,6,15-17H2,1-5H3,(H,26,29)/t23-/m0/s1. The zero-order valence-corrected chi connectivity index (χ0v) is 19.6. The highest BCUT2D eigenvalue weighted by Gasteiger charge is 2.28. The highest BCUT2D eigenvalue weighted by Crippen LogP contribution is 2.21. The van der Waals surface area contributed by atoms with Gasteiger partial charge in [0.05, 0.1) is 0 Å². The lowest BCUT2D eigenvalue weighted by Gasteiger charge is -2.31. The van der Waals surface area contributed by atoms with Crippen molar-refractivity contribution in [3.63, 3.8) is 0 Å². The molecular formula is C25H34N2O2S. The maximum atomic E-state index is 13.2. The second-order valence-electron chi connectivity index (χ2n) is 8.01. The molecule has 0 aliphatic rings. The third-order valence-electron chi connectivity index (χ3n) is 4.90. The number of nitrogens with zero attached hydrogens (tertiary/aromatic N) is 1. The van der Waals surface area contributed by atoms with Crippen LogP contribution in [0.1, 0.15) is 50.3 Å². The van der Waals surface area contributed by atoms with Crippen LogP contribution < -0.4 is 5.32 Å². The summed E-state index contributed by atoms with van der Waals surface area (Å²) in [4.78, 5) is 28.9. The number of nitrogens with one attached hydrogen (secondary N) is 1. The van der Waals surface area contributed by atoms with Crippen molar-refractivity contribution in [2.45, 2.75) is 71.0 Å². The maximum absolute atomic E-state index is 13.2. The Hall–Kier alpha value is -2.27. The Kier molecular flexibility index (Phi) is 9.44. The molecule has 162 valence electrons. The first-order chi connectivity index (χ1) is 14.3. The van der Waals surface area contributed by atoms with E-state index in [-0.39, 0.29) is 17.9 Å². The highest BCUT2D eigenvalue weighted by molar-refractivity contribution is 7.99. The van der Waals surface area contributed by atoms with Crippen molar-refractivity contribution in [2.24, 2.45) is 0 Å². The minimum absolute atomic E-state index is 0.0148. The molecule has 0 aliphatic carbocycles. The largest absolute Gasteiger partial charge is 0.352 e. The van der Waals surface area contributed by atoms with Gasteiger partial charge in [0.1, 0.15) is 6.04 Å². The van der Waals surface area contributed by atoms with Crippen LogP contribution in [0.4, 0.5) is 0 Å². The number of thioether (sulfide) groups is 1. The van der Waals surface area contributed by atoms with Gasteiger partial charge in [-0.1, -0.05) is 54.4 Å². The molecule has 2 aromatic carbocycles. The van der Waals surface area contributed by atoms with Gasteiger partial charge in [-0.25, -0.2) is 0 Å². The Morgan fingerprint density at radius 2 is 1.53 bits per heavy atom. The molecule has 0 saturated heterocycles. The van der Waals surface area contributed by atoms with Crippen molar-refractivity contribution in [3.05, 3.63) is 65.2 Å². The molecule has 5 heteroatoms. The van der Waals surface area contributed by atoms with E-state index in [1.165, 1.54) is 11.1 Å². The molecule has 2 aromatic rings. The number of carbonyl (C=O) groups excluding carboxylic acids is 2. The number of amides is 2. The Labute approximate surface area is 185 Å². The molecular weight excluding hydrogens is 392 g/mol. The molecule has 0 spiro atoms. The topological polar surface area (TPSA) is 49.4 Å². The van der Waals surface area contributed by atoms with Crippen molar-refractivity contribution in [2.75, 3.05) is 5.75 Å². The van der Waals surface area contributed by atoms with Crippen molar-refractivity contribution in [1.82, 2.24) is 10.2 Å². The third-order valence-corrected chi connectivity index (χ3v) is 5.91. The summed E-state index contributed by atoms with van der Waals surface area (Å²) in [6.07, 6.45) is 0.983. The van der Waals surface area contributed by atoms with Crippen LogP contribution in [0.15, 0.2) is 53.4 Å². The predicted molar refractivity (Wildman–Crippen MR) is 126 cm³/mol. The number of benzene rings is 2. The average Bonchev–Trinajstić information content (AvgIpc) is 2.70. The molecule has 2 amide bonds. The molecule has 0 aliphatic heterocycles. The number of aryl methyl sites for hydroxylation is 2. The van der Waals surface area contributed by atoms with Crippen LogP contribution in [0.25, 0.3) is 0 Å². The van der Waals surface area contributed by atoms with Crippen LogP contribution in [0.2, 0.25) is 0 Å². The molecule has 30 heavy (non-hydrogen) atoms. The predicted octanol–water partition coefficient (Wildman–Crippen LogP) is 5.12. The lowest BCUT2D eigenvalue weighted by Crippen LogP contribution is -2.50. The van der Waals surface area contributed by atoms with Gasteiger partial charge in [-0.15, -0.1) is 11.8 Å². The minimum atomic E-state index is -0.467. The molecule has 0 fully saturated rings. The lowest BCUT2D eigenvalue weighted by molar-refractivity contribution is -0.141. The molecule has 0 radical (unpaired) electrons. The summed E-state index contributed by atoms with van der Waals surface area (Å²) in [5, 5.41) is 2.97. The van der Waals surface area contributed by atoms with Gasteiger partial charge in [0.15, 0.2) is 0 Å². The Balaban J connectivity index is 2.11. The second-order valence-corrected chi connectivity index (χ2v) is 9.17. The summed E-state index contributed by atoms with van der Waals surface area (Å²) in [5.74, 6) is 0.620. The van der Waals surface area contributed by atoms with Crippen LogP contribution in [0, 0.1) is 13.8 Å². The van der Waals surface area contributed by atoms with E-state index in [4.69, 9.17) is 0 Å². The van der Waals surface area contributed by atoms with E-state index < -0.39 is 6.04 Å². The fourth-order valence-electron chi connectivity index (χ4n) is 3.22. The quantitative estimate of drug-likeness (QED) is 0.537. The molecule has 0 bridgehead atoms. The summed E-state index contributed by atoms with van der Waals surface area (Å²) in [7, 11) is 0. The number of hydrogen-bond acceptors (Lipinski definition) is 3. The van der Waals surface area contributed by atoms with Gasteiger partial charge in [-0.3, -0.25) is 9.59 Å². The summed E-state index contributed by atoms with van der Waals surface area (Å²) >= 11 is 1.67. The van der Waals surface area contributed by atoms with Gasteiger partial charge in [0.25, 0.3) is 0 Å². The first kappa shape index (κ1) is 24.0. The number of hydrogen-bond donors (Lipinski definition) is 1.